The van der Waals surface area contributed by atoms with Crippen molar-refractivity contribution in [2.75, 3.05) is 12.4 Å². The van der Waals surface area contributed by atoms with E-state index in [-0.39, 0.29) is 23.6 Å². The van der Waals surface area contributed by atoms with Gasteiger partial charge in [-0.2, -0.15) is 0 Å². The van der Waals surface area contributed by atoms with Crippen LogP contribution in [0.3, 0.4) is 0 Å². The van der Waals surface area contributed by atoms with E-state index in [0.29, 0.717) is 23.6 Å². The van der Waals surface area contributed by atoms with Crippen molar-refractivity contribution >= 4 is 11.6 Å². The van der Waals surface area contributed by atoms with Crippen molar-refractivity contribution < 1.29 is 18.7 Å². The highest BCUT2D eigenvalue weighted by Crippen LogP contribution is 2.34. The SMILES string of the molecule is COc1cc(C)ccc1Oc1ccc(NC(=O)C2CCC(N)C2)cc1F. The number of amides is 1. The molecule has 0 saturated heterocycles. The Morgan fingerprint density at radius 2 is 1.92 bits per heavy atom. The highest BCUT2D eigenvalue weighted by Gasteiger charge is 2.27. The zero-order valence-corrected chi connectivity index (χ0v) is 14.9. The first kappa shape index (κ1) is 18.2. The summed E-state index contributed by atoms with van der Waals surface area (Å²) in [6.45, 7) is 1.93. The topological polar surface area (TPSA) is 73.6 Å². The van der Waals surface area contributed by atoms with Crippen molar-refractivity contribution in [1.29, 1.82) is 0 Å². The Kier molecular flexibility index (Phi) is 5.42. The summed E-state index contributed by atoms with van der Waals surface area (Å²) in [5.41, 5.74) is 7.25. The van der Waals surface area contributed by atoms with E-state index in [0.717, 1.165) is 18.4 Å². The second-order valence-electron chi connectivity index (χ2n) is 6.66. The lowest BCUT2D eigenvalue weighted by molar-refractivity contribution is -0.119. The third-order valence-corrected chi connectivity index (χ3v) is 4.58. The lowest BCUT2D eigenvalue weighted by atomic mass is 10.1. The van der Waals surface area contributed by atoms with Crippen LogP contribution in [0.5, 0.6) is 17.2 Å². The fourth-order valence-corrected chi connectivity index (χ4v) is 3.14. The Balaban J connectivity index is 1.71. The number of anilines is 1. The van der Waals surface area contributed by atoms with E-state index in [4.69, 9.17) is 15.2 Å². The Morgan fingerprint density at radius 3 is 2.58 bits per heavy atom. The summed E-state index contributed by atoms with van der Waals surface area (Å²) < 4.78 is 25.3. The van der Waals surface area contributed by atoms with E-state index in [9.17, 15) is 9.18 Å². The molecule has 0 bridgehead atoms. The predicted octanol–water partition coefficient (Wildman–Crippen LogP) is 4.00. The second kappa shape index (κ2) is 7.74. The Labute approximate surface area is 152 Å². The van der Waals surface area contributed by atoms with Crippen molar-refractivity contribution in [3.8, 4) is 17.2 Å². The molecule has 1 aliphatic rings. The first-order valence-electron chi connectivity index (χ1n) is 8.64. The lowest BCUT2D eigenvalue weighted by Crippen LogP contribution is -2.23. The number of rotatable bonds is 5. The van der Waals surface area contributed by atoms with Crippen LogP contribution in [-0.2, 0) is 4.79 Å². The average Bonchev–Trinajstić information content (AvgIpc) is 3.05. The van der Waals surface area contributed by atoms with Gasteiger partial charge in [0.1, 0.15) is 0 Å². The molecular formula is C20H23FN2O3. The first-order chi connectivity index (χ1) is 12.5. The van der Waals surface area contributed by atoms with Crippen molar-refractivity contribution in [3.63, 3.8) is 0 Å². The van der Waals surface area contributed by atoms with Crippen molar-refractivity contribution in [2.45, 2.75) is 32.2 Å². The van der Waals surface area contributed by atoms with Crippen molar-refractivity contribution in [3.05, 3.63) is 47.8 Å². The van der Waals surface area contributed by atoms with Crippen molar-refractivity contribution in [2.24, 2.45) is 11.7 Å². The van der Waals surface area contributed by atoms with Crippen LogP contribution >= 0.6 is 0 Å². The van der Waals surface area contributed by atoms with Gasteiger partial charge in [0, 0.05) is 23.7 Å². The van der Waals surface area contributed by atoms with Crippen LogP contribution in [0.1, 0.15) is 24.8 Å². The summed E-state index contributed by atoms with van der Waals surface area (Å²) >= 11 is 0. The van der Waals surface area contributed by atoms with Crippen LogP contribution < -0.4 is 20.5 Å². The number of carbonyl (C=O) groups is 1. The standard InChI is InChI=1S/C20H23FN2O3/c1-12-3-7-18(19(9-12)25-2)26-17-8-6-15(11-16(17)21)23-20(24)13-4-5-14(22)10-13/h3,6-9,11,13-14H,4-5,10,22H2,1-2H3,(H,23,24). The smallest absolute Gasteiger partial charge is 0.227 e. The number of ether oxygens (including phenoxy) is 2. The molecule has 2 atom stereocenters. The van der Waals surface area contributed by atoms with Gasteiger partial charge in [-0.15, -0.1) is 0 Å². The zero-order valence-electron chi connectivity index (χ0n) is 14.9. The van der Waals surface area contributed by atoms with Crippen LogP contribution in [-0.4, -0.2) is 19.1 Å². The number of nitrogens with one attached hydrogen (secondary N) is 1. The van der Waals surface area contributed by atoms with Crippen LogP contribution in [0.15, 0.2) is 36.4 Å². The molecule has 3 rings (SSSR count). The van der Waals surface area contributed by atoms with Gasteiger partial charge in [-0.3, -0.25) is 4.79 Å². The minimum atomic E-state index is -0.562. The quantitative estimate of drug-likeness (QED) is 0.847. The van der Waals surface area contributed by atoms with Crippen LogP contribution in [0, 0.1) is 18.7 Å². The number of hydrogen-bond donors (Lipinski definition) is 2. The molecule has 2 unspecified atom stereocenters. The average molecular weight is 358 g/mol. The maximum absolute atomic E-state index is 14.4. The molecule has 2 aromatic carbocycles. The van der Waals surface area contributed by atoms with Gasteiger partial charge in [0.05, 0.1) is 7.11 Å². The van der Waals surface area contributed by atoms with E-state index in [1.807, 2.05) is 19.1 Å². The van der Waals surface area contributed by atoms with Gasteiger partial charge in [-0.1, -0.05) is 6.07 Å². The van der Waals surface area contributed by atoms with Crippen LogP contribution in [0.2, 0.25) is 0 Å². The Bertz CT molecular complexity index is 810. The van der Waals surface area contributed by atoms with E-state index in [2.05, 4.69) is 5.32 Å². The molecule has 138 valence electrons. The number of carbonyl (C=O) groups excluding carboxylic acids is 1. The highest BCUT2D eigenvalue weighted by molar-refractivity contribution is 5.92. The molecule has 0 aliphatic heterocycles. The number of hydrogen-bond acceptors (Lipinski definition) is 4. The fraction of sp³-hybridized carbons (Fsp3) is 0.350. The molecule has 1 amide bonds. The van der Waals surface area contributed by atoms with Gasteiger partial charge in [0.25, 0.3) is 0 Å². The second-order valence-corrected chi connectivity index (χ2v) is 6.66. The fourth-order valence-electron chi connectivity index (χ4n) is 3.14. The number of nitrogens with two attached hydrogens (primary N) is 1. The van der Waals surface area contributed by atoms with Gasteiger partial charge in [0.15, 0.2) is 23.1 Å². The van der Waals surface area contributed by atoms with Gasteiger partial charge >= 0.3 is 0 Å². The third-order valence-electron chi connectivity index (χ3n) is 4.58. The molecule has 1 fully saturated rings. The molecule has 0 radical (unpaired) electrons. The summed E-state index contributed by atoms with van der Waals surface area (Å²) in [7, 11) is 1.53. The van der Waals surface area contributed by atoms with Gasteiger partial charge in [-0.25, -0.2) is 4.39 Å². The zero-order chi connectivity index (χ0) is 18.7. The maximum Gasteiger partial charge on any atom is 0.227 e. The van der Waals surface area contributed by atoms with E-state index in [1.165, 1.54) is 19.2 Å². The number of aryl methyl sites for hydroxylation is 1. The molecule has 0 heterocycles. The summed E-state index contributed by atoms with van der Waals surface area (Å²) in [6, 6.07) is 9.83. The summed E-state index contributed by atoms with van der Waals surface area (Å²) in [5, 5.41) is 2.75. The van der Waals surface area contributed by atoms with Gasteiger partial charge in [0.2, 0.25) is 5.91 Å². The minimum Gasteiger partial charge on any atom is -0.493 e. The van der Waals surface area contributed by atoms with Crippen LogP contribution in [0.25, 0.3) is 0 Å². The van der Waals surface area contributed by atoms with Crippen LogP contribution in [0.4, 0.5) is 10.1 Å². The molecule has 5 nitrogen and oxygen atoms in total. The van der Waals surface area contributed by atoms with E-state index in [1.54, 1.807) is 12.1 Å². The highest BCUT2D eigenvalue weighted by atomic mass is 19.1. The molecule has 0 spiro atoms. The molecule has 1 aliphatic carbocycles. The van der Waals surface area contributed by atoms with E-state index >= 15 is 0 Å². The third kappa shape index (κ3) is 4.14. The lowest BCUT2D eigenvalue weighted by Gasteiger charge is -2.14. The number of halogens is 1. The van der Waals surface area contributed by atoms with E-state index < -0.39 is 5.82 Å². The molecular weight excluding hydrogens is 335 g/mol. The molecule has 3 N–H and O–H groups in total. The van der Waals surface area contributed by atoms with Crippen molar-refractivity contribution in [1.82, 2.24) is 0 Å². The predicted molar refractivity (Wildman–Crippen MR) is 98.2 cm³/mol. The molecule has 0 aromatic heterocycles. The minimum absolute atomic E-state index is 0.0630. The largest absolute Gasteiger partial charge is 0.493 e. The summed E-state index contributed by atoms with van der Waals surface area (Å²) in [5.74, 6) is 0.224. The number of benzene rings is 2. The first-order valence-corrected chi connectivity index (χ1v) is 8.64. The maximum atomic E-state index is 14.4. The normalized spacial score (nSPS) is 19.2. The number of methoxy groups -OCH3 is 1. The molecule has 26 heavy (non-hydrogen) atoms. The Hall–Kier alpha value is -2.60. The molecule has 6 heteroatoms. The monoisotopic (exact) mass is 358 g/mol. The molecule has 1 saturated carbocycles. The summed E-state index contributed by atoms with van der Waals surface area (Å²) in [6.07, 6.45) is 2.28. The van der Waals surface area contributed by atoms with Gasteiger partial charge < -0.3 is 20.5 Å². The Morgan fingerprint density at radius 1 is 1.15 bits per heavy atom. The van der Waals surface area contributed by atoms with Gasteiger partial charge in [-0.05, 0) is 56.0 Å². The summed E-state index contributed by atoms with van der Waals surface area (Å²) in [4.78, 5) is 12.2. The molecule has 2 aromatic rings.